The fourth-order valence-corrected chi connectivity index (χ4v) is 0.121. The maximum absolute atomic E-state index is 9.65. The fourth-order valence-electron chi connectivity index (χ4n) is 0.121. The first-order chi connectivity index (χ1) is 5.99. The van der Waals surface area contributed by atoms with Gasteiger partial charge in [-0.2, -0.15) is 0 Å². The van der Waals surface area contributed by atoms with Crippen LogP contribution in [-0.4, -0.2) is 52.9 Å². The number of carboxylic acid groups (broad SMARTS) is 1. The number of hydrogen-bond donors (Lipinski definition) is 5. The molecule has 7 heteroatoms. The van der Waals surface area contributed by atoms with Gasteiger partial charge in [0.15, 0.2) is 0 Å². The third kappa shape index (κ3) is 11.0. The van der Waals surface area contributed by atoms with E-state index in [1.807, 2.05) is 0 Å². The number of aldehydes is 1. The summed E-state index contributed by atoms with van der Waals surface area (Å²) in [6, 6.07) is -1.81. The van der Waals surface area contributed by atoms with E-state index >= 15 is 0 Å². The Balaban J connectivity index is 0. The van der Waals surface area contributed by atoms with Gasteiger partial charge in [-0.3, -0.25) is 4.79 Å². The van der Waals surface area contributed by atoms with Crippen LogP contribution in [-0.2, 0) is 9.59 Å². The summed E-state index contributed by atoms with van der Waals surface area (Å²) in [6.45, 7) is -0.765. The van der Waals surface area contributed by atoms with Gasteiger partial charge in [0, 0.05) is 0 Å². The Labute approximate surface area is 75.0 Å². The topological polar surface area (TPSA) is 147 Å². The number of aliphatic hydroxyl groups is 2. The van der Waals surface area contributed by atoms with Crippen molar-refractivity contribution in [2.45, 2.75) is 12.1 Å². The molecule has 0 unspecified atom stereocenters. The van der Waals surface area contributed by atoms with E-state index in [2.05, 4.69) is 0 Å². The molecule has 0 rings (SSSR count). The van der Waals surface area contributed by atoms with Crippen molar-refractivity contribution >= 4 is 12.3 Å². The highest BCUT2D eigenvalue weighted by atomic mass is 16.4. The second kappa shape index (κ2) is 9.07. The minimum atomic E-state index is -1.18. The summed E-state index contributed by atoms with van der Waals surface area (Å²) >= 11 is 0. The second-order valence-electron chi connectivity index (χ2n) is 2.11. The molecule has 0 fully saturated rings. The van der Waals surface area contributed by atoms with Crippen molar-refractivity contribution in [2.75, 3.05) is 13.2 Å². The molecule has 7 N–H and O–H groups in total. The Kier molecular flexibility index (Phi) is 10.1. The lowest BCUT2D eigenvalue weighted by Crippen LogP contribution is -2.33. The summed E-state index contributed by atoms with van der Waals surface area (Å²) < 4.78 is 0. The standard InChI is InChI=1S/C3H7NO3.C3H7NO2/c4-2(1-5)3(6)7;4-3(1-5)2-6/h2,5H,1,4H2,(H,6,7);1,3,6H,2,4H2/t2-;3-/m01/s1. The van der Waals surface area contributed by atoms with Crippen molar-refractivity contribution < 1.29 is 24.9 Å². The Morgan fingerprint density at radius 2 is 1.77 bits per heavy atom. The van der Waals surface area contributed by atoms with E-state index in [0.29, 0.717) is 6.29 Å². The lowest BCUT2D eigenvalue weighted by atomic mass is 10.3. The molecule has 0 saturated carbocycles. The number of carboxylic acids is 1. The zero-order valence-electron chi connectivity index (χ0n) is 6.96. The number of carbonyl (C=O) groups excluding carboxylic acids is 1. The van der Waals surface area contributed by atoms with E-state index in [9.17, 15) is 9.59 Å². The monoisotopic (exact) mass is 194 g/mol. The molecule has 7 nitrogen and oxygen atoms in total. The smallest absolute Gasteiger partial charge is 0.322 e. The van der Waals surface area contributed by atoms with Gasteiger partial charge >= 0.3 is 5.97 Å². The maximum atomic E-state index is 9.65. The lowest BCUT2D eigenvalue weighted by Gasteiger charge is -1.96. The summed E-state index contributed by atoms with van der Waals surface area (Å²) in [4.78, 5) is 19.1. The number of aliphatic hydroxyl groups excluding tert-OH is 2. The van der Waals surface area contributed by atoms with Crippen LogP contribution in [0.3, 0.4) is 0 Å². The maximum Gasteiger partial charge on any atom is 0.322 e. The molecule has 0 saturated heterocycles. The minimum absolute atomic E-state index is 0.260. The molecule has 0 aliphatic carbocycles. The average Bonchev–Trinajstić information content (AvgIpc) is 2.16. The Morgan fingerprint density at radius 1 is 1.31 bits per heavy atom. The molecule has 0 aromatic rings. The molecule has 0 bridgehead atoms. The summed E-state index contributed by atoms with van der Waals surface area (Å²) in [7, 11) is 0. The summed E-state index contributed by atoms with van der Waals surface area (Å²) in [5.41, 5.74) is 9.62. The third-order valence-corrected chi connectivity index (χ3v) is 0.900. The molecule has 0 aliphatic heterocycles. The largest absolute Gasteiger partial charge is 0.480 e. The van der Waals surface area contributed by atoms with E-state index < -0.39 is 24.7 Å². The van der Waals surface area contributed by atoms with Crippen molar-refractivity contribution in [3.63, 3.8) is 0 Å². The third-order valence-electron chi connectivity index (χ3n) is 0.900. The number of nitrogens with two attached hydrogens (primary N) is 2. The normalized spacial score (nSPS) is 13.5. The van der Waals surface area contributed by atoms with E-state index in [1.54, 1.807) is 0 Å². The SMILES string of the molecule is N[C@@H](CO)C(=O)O.N[C@H](C=O)CO. The van der Waals surface area contributed by atoms with Gasteiger partial charge in [0.25, 0.3) is 0 Å². The molecule has 2 atom stereocenters. The van der Waals surface area contributed by atoms with Crippen molar-refractivity contribution in [2.24, 2.45) is 11.5 Å². The first-order valence-electron chi connectivity index (χ1n) is 3.40. The van der Waals surface area contributed by atoms with Gasteiger partial charge in [-0.05, 0) is 0 Å². The number of rotatable bonds is 4. The van der Waals surface area contributed by atoms with Gasteiger partial charge < -0.3 is 31.6 Å². The van der Waals surface area contributed by atoms with Crippen molar-refractivity contribution in [3.8, 4) is 0 Å². The summed E-state index contributed by atoms with van der Waals surface area (Å²) in [5.74, 6) is -1.18. The number of carbonyl (C=O) groups is 2. The van der Waals surface area contributed by atoms with Crippen LogP contribution in [0.1, 0.15) is 0 Å². The molecule has 13 heavy (non-hydrogen) atoms. The highest BCUT2D eigenvalue weighted by Gasteiger charge is 2.06. The fraction of sp³-hybridized carbons (Fsp3) is 0.667. The predicted molar refractivity (Wildman–Crippen MR) is 43.8 cm³/mol. The van der Waals surface area contributed by atoms with Crippen LogP contribution in [0.25, 0.3) is 0 Å². The van der Waals surface area contributed by atoms with Crippen LogP contribution in [0.5, 0.6) is 0 Å². The quantitative estimate of drug-likeness (QED) is 0.298. The van der Waals surface area contributed by atoms with Gasteiger partial charge in [0.1, 0.15) is 12.3 Å². The zero-order chi connectivity index (χ0) is 10.9. The molecule has 78 valence electrons. The molecule has 0 aromatic heterocycles. The first kappa shape index (κ1) is 14.5. The molecule has 0 amide bonds. The molecule has 0 radical (unpaired) electrons. The predicted octanol–water partition coefficient (Wildman–Crippen LogP) is -3.10. The Hall–Kier alpha value is -1.02. The van der Waals surface area contributed by atoms with Crippen molar-refractivity contribution in [1.82, 2.24) is 0 Å². The van der Waals surface area contributed by atoms with Gasteiger partial charge in [-0.15, -0.1) is 0 Å². The van der Waals surface area contributed by atoms with Gasteiger partial charge in [-0.25, -0.2) is 0 Å². The molecule has 0 spiro atoms. The Morgan fingerprint density at radius 3 is 1.77 bits per heavy atom. The van der Waals surface area contributed by atoms with E-state index in [-0.39, 0.29) is 6.61 Å². The number of hydrogen-bond acceptors (Lipinski definition) is 6. The van der Waals surface area contributed by atoms with Crippen LogP contribution < -0.4 is 11.5 Å². The zero-order valence-corrected chi connectivity index (χ0v) is 6.96. The number of aliphatic carboxylic acids is 1. The Bertz CT molecular complexity index is 152. The lowest BCUT2D eigenvalue weighted by molar-refractivity contribution is -0.139. The summed E-state index contributed by atoms with van der Waals surface area (Å²) in [6.07, 6.45) is 0.500. The summed E-state index contributed by atoms with van der Waals surface area (Å²) in [5, 5.41) is 23.9. The van der Waals surface area contributed by atoms with Crippen LogP contribution >= 0.6 is 0 Å². The molecular weight excluding hydrogens is 180 g/mol. The van der Waals surface area contributed by atoms with E-state index in [4.69, 9.17) is 26.8 Å². The van der Waals surface area contributed by atoms with Gasteiger partial charge in [0.05, 0.1) is 19.3 Å². The highest BCUT2D eigenvalue weighted by Crippen LogP contribution is 1.71. The van der Waals surface area contributed by atoms with E-state index in [0.717, 1.165) is 0 Å². The van der Waals surface area contributed by atoms with Gasteiger partial charge in [-0.1, -0.05) is 0 Å². The molecular formula is C6H14N2O5. The van der Waals surface area contributed by atoms with Crippen LogP contribution in [0.4, 0.5) is 0 Å². The minimum Gasteiger partial charge on any atom is -0.480 e. The van der Waals surface area contributed by atoms with Crippen LogP contribution in [0.15, 0.2) is 0 Å². The first-order valence-corrected chi connectivity index (χ1v) is 3.40. The van der Waals surface area contributed by atoms with Crippen molar-refractivity contribution in [3.05, 3.63) is 0 Å². The highest BCUT2D eigenvalue weighted by molar-refractivity contribution is 5.73. The van der Waals surface area contributed by atoms with Crippen molar-refractivity contribution in [1.29, 1.82) is 0 Å². The molecule has 0 aliphatic rings. The van der Waals surface area contributed by atoms with Crippen LogP contribution in [0, 0.1) is 0 Å². The molecule has 0 aromatic carbocycles. The second-order valence-corrected chi connectivity index (χ2v) is 2.11. The molecule has 0 heterocycles. The van der Waals surface area contributed by atoms with E-state index in [1.165, 1.54) is 0 Å². The average molecular weight is 194 g/mol. The van der Waals surface area contributed by atoms with Crippen LogP contribution in [0.2, 0.25) is 0 Å². The van der Waals surface area contributed by atoms with Gasteiger partial charge in [0.2, 0.25) is 0 Å².